The molecule has 1 aliphatic rings. The lowest BCUT2D eigenvalue weighted by atomic mass is 9.75. The lowest BCUT2D eigenvalue weighted by Gasteiger charge is -2.40. The van der Waals surface area contributed by atoms with Crippen LogP contribution in [-0.2, 0) is 12.0 Å². The Morgan fingerprint density at radius 2 is 1.77 bits per heavy atom. The molecule has 0 radical (unpaired) electrons. The zero-order chi connectivity index (χ0) is 21.7. The Hall–Kier alpha value is -2.04. The van der Waals surface area contributed by atoms with Gasteiger partial charge in [0.15, 0.2) is 0 Å². The van der Waals surface area contributed by atoms with Gasteiger partial charge in [0.1, 0.15) is 11.6 Å². The molecule has 1 aliphatic carbocycles. The minimum Gasteiger partial charge on any atom is -0.392 e. The van der Waals surface area contributed by atoms with Gasteiger partial charge in [-0.3, -0.25) is 0 Å². The van der Waals surface area contributed by atoms with Crippen molar-refractivity contribution in [3.63, 3.8) is 0 Å². The lowest BCUT2D eigenvalue weighted by molar-refractivity contribution is 0.0947. The standard InChI is InChI=1S/C26H33F2NO/c1-18(2)21-8-7-9-22(15-21)26(10-5-4-6-11-26)29-17-25(30)19(3)12-20-13-23(27)16-24(28)14-20/h7-9,13-16,19,25,29-30H,1,4-6,10-12,17H2,2-3H3. The van der Waals surface area contributed by atoms with Gasteiger partial charge in [-0.05, 0) is 67.0 Å². The fourth-order valence-corrected chi connectivity index (χ4v) is 4.54. The highest BCUT2D eigenvalue weighted by Crippen LogP contribution is 2.38. The van der Waals surface area contributed by atoms with Gasteiger partial charge in [0.05, 0.1) is 6.10 Å². The summed E-state index contributed by atoms with van der Waals surface area (Å²) in [5.74, 6) is -1.28. The molecular formula is C26H33F2NO. The van der Waals surface area contributed by atoms with Gasteiger partial charge in [0.25, 0.3) is 0 Å². The molecule has 0 amide bonds. The SMILES string of the molecule is C=C(C)c1cccc(C2(NCC(O)C(C)Cc3cc(F)cc(F)c3)CCCCC2)c1. The van der Waals surface area contributed by atoms with E-state index in [1.165, 1.54) is 24.1 Å². The van der Waals surface area contributed by atoms with Crippen molar-refractivity contribution in [2.45, 2.75) is 64.0 Å². The molecule has 0 saturated heterocycles. The minimum atomic E-state index is -0.612. The first kappa shape index (κ1) is 22.6. The lowest BCUT2D eigenvalue weighted by Crippen LogP contribution is -2.48. The zero-order valence-electron chi connectivity index (χ0n) is 18.1. The highest BCUT2D eigenvalue weighted by molar-refractivity contribution is 5.62. The van der Waals surface area contributed by atoms with Crippen molar-refractivity contribution in [3.05, 3.63) is 77.4 Å². The maximum atomic E-state index is 13.5. The molecule has 0 aliphatic heterocycles. The van der Waals surface area contributed by atoms with Crippen LogP contribution in [0.4, 0.5) is 8.78 Å². The number of hydrogen-bond acceptors (Lipinski definition) is 2. The molecule has 0 spiro atoms. The zero-order valence-corrected chi connectivity index (χ0v) is 18.1. The van der Waals surface area contributed by atoms with Crippen LogP contribution in [0.2, 0.25) is 0 Å². The van der Waals surface area contributed by atoms with Gasteiger partial charge in [-0.15, -0.1) is 0 Å². The average Bonchev–Trinajstić information content (AvgIpc) is 2.72. The van der Waals surface area contributed by atoms with E-state index in [0.29, 0.717) is 18.5 Å². The maximum absolute atomic E-state index is 13.5. The molecule has 2 atom stereocenters. The van der Waals surface area contributed by atoms with E-state index in [2.05, 4.69) is 36.2 Å². The average molecular weight is 414 g/mol. The predicted molar refractivity (Wildman–Crippen MR) is 119 cm³/mol. The van der Waals surface area contributed by atoms with E-state index in [-0.39, 0.29) is 11.5 Å². The van der Waals surface area contributed by atoms with Crippen LogP contribution in [0.15, 0.2) is 49.0 Å². The van der Waals surface area contributed by atoms with Crippen LogP contribution < -0.4 is 5.32 Å². The largest absolute Gasteiger partial charge is 0.392 e. The van der Waals surface area contributed by atoms with Crippen molar-refractivity contribution in [1.29, 1.82) is 0 Å². The highest BCUT2D eigenvalue weighted by Gasteiger charge is 2.34. The molecule has 2 aromatic carbocycles. The summed E-state index contributed by atoms with van der Waals surface area (Å²) < 4.78 is 27.0. The van der Waals surface area contributed by atoms with Crippen molar-refractivity contribution < 1.29 is 13.9 Å². The van der Waals surface area contributed by atoms with E-state index in [9.17, 15) is 13.9 Å². The molecule has 1 fully saturated rings. The van der Waals surface area contributed by atoms with Gasteiger partial charge in [0.2, 0.25) is 0 Å². The molecule has 0 heterocycles. The van der Waals surface area contributed by atoms with Crippen molar-refractivity contribution >= 4 is 5.57 Å². The number of rotatable bonds is 8. The molecule has 1 saturated carbocycles. The van der Waals surface area contributed by atoms with E-state index < -0.39 is 17.7 Å². The molecule has 2 N–H and O–H groups in total. The molecular weight excluding hydrogens is 380 g/mol. The van der Waals surface area contributed by atoms with Crippen molar-refractivity contribution in [2.24, 2.45) is 5.92 Å². The van der Waals surface area contributed by atoms with E-state index in [4.69, 9.17) is 0 Å². The Morgan fingerprint density at radius 3 is 2.40 bits per heavy atom. The van der Waals surface area contributed by atoms with Crippen LogP contribution in [-0.4, -0.2) is 17.8 Å². The van der Waals surface area contributed by atoms with Gasteiger partial charge in [0, 0.05) is 18.2 Å². The molecule has 4 heteroatoms. The first-order chi connectivity index (χ1) is 14.3. The fraction of sp³-hybridized carbons (Fsp3) is 0.462. The van der Waals surface area contributed by atoms with Crippen molar-refractivity contribution in [3.8, 4) is 0 Å². The second-order valence-corrected chi connectivity index (χ2v) is 8.91. The first-order valence-electron chi connectivity index (χ1n) is 10.9. The van der Waals surface area contributed by atoms with Gasteiger partial charge in [-0.25, -0.2) is 8.78 Å². The number of aliphatic hydroxyl groups is 1. The number of benzene rings is 2. The summed E-state index contributed by atoms with van der Waals surface area (Å²) in [6.45, 7) is 8.45. The molecule has 0 bridgehead atoms. The van der Waals surface area contributed by atoms with Gasteiger partial charge in [-0.1, -0.05) is 56.5 Å². The number of aliphatic hydroxyl groups excluding tert-OH is 1. The summed E-state index contributed by atoms with van der Waals surface area (Å²) in [5, 5.41) is 14.5. The third kappa shape index (κ3) is 5.55. The normalized spacial score (nSPS) is 18.0. The molecule has 3 rings (SSSR count). The smallest absolute Gasteiger partial charge is 0.126 e. The minimum absolute atomic E-state index is 0.124. The molecule has 2 nitrogen and oxygen atoms in total. The summed E-state index contributed by atoms with van der Waals surface area (Å²) in [6.07, 6.45) is 5.41. The molecule has 162 valence electrons. The Balaban J connectivity index is 1.71. The van der Waals surface area contributed by atoms with Crippen LogP contribution in [0.5, 0.6) is 0 Å². The number of hydrogen-bond donors (Lipinski definition) is 2. The fourth-order valence-electron chi connectivity index (χ4n) is 4.54. The van der Waals surface area contributed by atoms with Crippen molar-refractivity contribution in [2.75, 3.05) is 6.54 Å². The van der Waals surface area contributed by atoms with Crippen LogP contribution in [0.1, 0.15) is 62.6 Å². The highest BCUT2D eigenvalue weighted by atomic mass is 19.1. The quantitative estimate of drug-likeness (QED) is 0.557. The summed E-state index contributed by atoms with van der Waals surface area (Å²) in [6, 6.07) is 12.1. The van der Waals surface area contributed by atoms with E-state index in [0.717, 1.165) is 42.9 Å². The Labute approximate surface area is 179 Å². The van der Waals surface area contributed by atoms with Gasteiger partial charge < -0.3 is 10.4 Å². The molecule has 2 aromatic rings. The van der Waals surface area contributed by atoms with Crippen LogP contribution in [0.25, 0.3) is 5.57 Å². The second kappa shape index (κ2) is 9.84. The number of nitrogens with one attached hydrogen (secondary N) is 1. The molecule has 2 unspecified atom stereocenters. The maximum Gasteiger partial charge on any atom is 0.126 e. The number of allylic oxidation sites excluding steroid dienone is 1. The van der Waals surface area contributed by atoms with Crippen LogP contribution in [0, 0.1) is 17.6 Å². The monoisotopic (exact) mass is 413 g/mol. The topological polar surface area (TPSA) is 32.3 Å². The second-order valence-electron chi connectivity index (χ2n) is 8.91. The third-order valence-electron chi connectivity index (χ3n) is 6.40. The van der Waals surface area contributed by atoms with Crippen LogP contribution >= 0.6 is 0 Å². The van der Waals surface area contributed by atoms with Crippen LogP contribution in [0.3, 0.4) is 0 Å². The Bertz CT molecular complexity index is 853. The summed E-state index contributed by atoms with van der Waals surface area (Å²) in [4.78, 5) is 0. The first-order valence-corrected chi connectivity index (χ1v) is 10.9. The third-order valence-corrected chi connectivity index (χ3v) is 6.40. The predicted octanol–water partition coefficient (Wildman–Crippen LogP) is 5.99. The summed E-state index contributed by atoms with van der Waals surface area (Å²) in [5.41, 5.74) is 3.84. The molecule has 0 aromatic heterocycles. The van der Waals surface area contributed by atoms with E-state index in [1.54, 1.807) is 0 Å². The number of halogens is 2. The van der Waals surface area contributed by atoms with Gasteiger partial charge in [-0.2, -0.15) is 0 Å². The van der Waals surface area contributed by atoms with E-state index >= 15 is 0 Å². The Morgan fingerprint density at radius 1 is 1.10 bits per heavy atom. The molecule has 30 heavy (non-hydrogen) atoms. The van der Waals surface area contributed by atoms with Crippen molar-refractivity contribution in [1.82, 2.24) is 5.32 Å². The summed E-state index contributed by atoms with van der Waals surface area (Å²) >= 11 is 0. The van der Waals surface area contributed by atoms with Gasteiger partial charge >= 0.3 is 0 Å². The summed E-state index contributed by atoms with van der Waals surface area (Å²) in [7, 11) is 0. The Kier molecular flexibility index (Phi) is 7.43. The van der Waals surface area contributed by atoms with E-state index in [1.807, 2.05) is 13.8 Å².